The third kappa shape index (κ3) is 5.30. The minimum atomic E-state index is -0.0810. The normalized spacial score (nSPS) is 15.0. The number of nitrogens with one attached hydrogen (secondary N) is 2. The van der Waals surface area contributed by atoms with Gasteiger partial charge in [0.15, 0.2) is 5.11 Å². The fourth-order valence-corrected chi connectivity index (χ4v) is 4.03. The minimum Gasteiger partial charge on any atom is -0.396 e. The van der Waals surface area contributed by atoms with Crippen molar-refractivity contribution in [2.24, 2.45) is 0 Å². The molecule has 1 aliphatic rings. The highest BCUT2D eigenvalue weighted by atomic mass is 32.1. The Kier molecular flexibility index (Phi) is 6.85. The molecule has 0 atom stereocenters. The van der Waals surface area contributed by atoms with E-state index in [1.165, 1.54) is 19.3 Å². The Morgan fingerprint density at radius 3 is 2.81 bits per heavy atom. The first-order valence-electron chi connectivity index (χ1n) is 9.85. The summed E-state index contributed by atoms with van der Waals surface area (Å²) in [6.45, 7) is 3.19. The second-order valence-electron chi connectivity index (χ2n) is 7.50. The molecule has 1 aromatic heterocycles. The van der Waals surface area contributed by atoms with E-state index in [1.54, 1.807) is 0 Å². The molecule has 146 valence electrons. The van der Waals surface area contributed by atoms with Gasteiger partial charge in [-0.15, -0.1) is 0 Å². The average molecular weight is 388 g/mol. The number of hydrogen-bond donors (Lipinski definition) is 3. The zero-order valence-electron chi connectivity index (χ0n) is 16.0. The monoisotopic (exact) mass is 387 g/mol. The molecule has 0 spiro atoms. The van der Waals surface area contributed by atoms with Gasteiger partial charge in [0.25, 0.3) is 5.56 Å². The minimum absolute atomic E-state index is 0.0810. The summed E-state index contributed by atoms with van der Waals surface area (Å²) < 4.78 is 0. The lowest BCUT2D eigenvalue weighted by Crippen LogP contribution is -2.46. The summed E-state index contributed by atoms with van der Waals surface area (Å²) in [6.07, 6.45) is 6.68. The van der Waals surface area contributed by atoms with Crippen molar-refractivity contribution in [3.8, 4) is 0 Å². The van der Waals surface area contributed by atoms with Gasteiger partial charge >= 0.3 is 0 Å². The Hall–Kier alpha value is -1.92. The van der Waals surface area contributed by atoms with Crippen LogP contribution in [0.2, 0.25) is 0 Å². The van der Waals surface area contributed by atoms with E-state index in [1.807, 2.05) is 36.1 Å². The summed E-state index contributed by atoms with van der Waals surface area (Å²) >= 11 is 5.65. The summed E-state index contributed by atoms with van der Waals surface area (Å²) in [5, 5.41) is 14.4. The molecule has 1 aliphatic carbocycles. The molecule has 0 unspecified atom stereocenters. The van der Waals surface area contributed by atoms with Crippen molar-refractivity contribution in [1.29, 1.82) is 0 Å². The molecular weight excluding hydrogens is 358 g/mol. The van der Waals surface area contributed by atoms with Gasteiger partial charge in [-0.25, -0.2) is 0 Å². The molecule has 3 N–H and O–H groups in total. The maximum Gasteiger partial charge on any atom is 0.253 e. The quantitative estimate of drug-likeness (QED) is 0.664. The molecule has 27 heavy (non-hydrogen) atoms. The second kappa shape index (κ2) is 9.33. The van der Waals surface area contributed by atoms with Gasteiger partial charge < -0.3 is 20.3 Å². The van der Waals surface area contributed by atoms with Gasteiger partial charge in [-0.1, -0.05) is 31.4 Å². The molecule has 3 rings (SSSR count). The highest BCUT2D eigenvalue weighted by Crippen LogP contribution is 2.18. The molecule has 2 aromatic rings. The first-order valence-corrected chi connectivity index (χ1v) is 10.3. The number of H-pyrrole nitrogens is 1. The molecule has 1 aromatic carbocycles. The fourth-order valence-electron chi connectivity index (χ4n) is 3.71. The molecule has 0 amide bonds. The van der Waals surface area contributed by atoms with Crippen LogP contribution in [0.25, 0.3) is 10.9 Å². The Balaban J connectivity index is 1.77. The van der Waals surface area contributed by atoms with E-state index < -0.39 is 0 Å². The largest absolute Gasteiger partial charge is 0.396 e. The predicted octanol–water partition coefficient (Wildman–Crippen LogP) is 3.23. The molecule has 0 aliphatic heterocycles. The SMILES string of the molecule is Cc1ccc2cc(CN(CCCO)C(=S)NC3CCCCC3)c(=O)[nH]c2c1. The van der Waals surface area contributed by atoms with Crippen LogP contribution in [0.15, 0.2) is 29.1 Å². The topological polar surface area (TPSA) is 68.4 Å². The highest BCUT2D eigenvalue weighted by molar-refractivity contribution is 7.80. The van der Waals surface area contributed by atoms with Gasteiger partial charge in [-0.05, 0) is 61.5 Å². The molecule has 6 heteroatoms. The number of aliphatic hydroxyl groups is 1. The van der Waals surface area contributed by atoms with E-state index in [4.69, 9.17) is 12.2 Å². The summed E-state index contributed by atoms with van der Waals surface area (Å²) in [5.74, 6) is 0. The number of thiocarbonyl (C=S) groups is 1. The Morgan fingerprint density at radius 1 is 1.30 bits per heavy atom. The first-order chi connectivity index (χ1) is 13.1. The van der Waals surface area contributed by atoms with Crippen LogP contribution in [0.3, 0.4) is 0 Å². The lowest BCUT2D eigenvalue weighted by atomic mass is 9.96. The number of aromatic amines is 1. The van der Waals surface area contributed by atoms with Crippen molar-refractivity contribution in [3.63, 3.8) is 0 Å². The van der Waals surface area contributed by atoms with Crippen LogP contribution in [-0.4, -0.2) is 39.3 Å². The predicted molar refractivity (Wildman–Crippen MR) is 114 cm³/mol. The van der Waals surface area contributed by atoms with Crippen molar-refractivity contribution in [3.05, 3.63) is 45.7 Å². The van der Waals surface area contributed by atoms with Crippen LogP contribution in [0.1, 0.15) is 49.7 Å². The van der Waals surface area contributed by atoms with Gasteiger partial charge in [-0.2, -0.15) is 0 Å². The molecule has 1 saturated carbocycles. The number of aliphatic hydroxyl groups excluding tert-OH is 1. The van der Waals surface area contributed by atoms with Crippen LogP contribution in [-0.2, 0) is 6.54 Å². The van der Waals surface area contributed by atoms with Crippen molar-refractivity contribution in [2.75, 3.05) is 13.2 Å². The van der Waals surface area contributed by atoms with E-state index in [0.29, 0.717) is 36.2 Å². The van der Waals surface area contributed by atoms with E-state index in [0.717, 1.165) is 29.3 Å². The van der Waals surface area contributed by atoms with Gasteiger partial charge in [0.05, 0.1) is 6.54 Å². The third-order valence-corrected chi connectivity index (χ3v) is 5.62. The fraction of sp³-hybridized carbons (Fsp3) is 0.524. The Bertz CT molecular complexity index is 843. The summed E-state index contributed by atoms with van der Waals surface area (Å²) in [5.41, 5.74) is 2.58. The molecule has 0 bridgehead atoms. The summed E-state index contributed by atoms with van der Waals surface area (Å²) in [6, 6.07) is 8.42. The molecule has 1 fully saturated rings. The first kappa shape index (κ1) is 19.8. The summed E-state index contributed by atoms with van der Waals surface area (Å²) in [7, 11) is 0. The van der Waals surface area contributed by atoms with Crippen LogP contribution in [0, 0.1) is 6.92 Å². The molecule has 1 heterocycles. The molecule has 0 saturated heterocycles. The third-order valence-electron chi connectivity index (χ3n) is 5.25. The standard InChI is InChI=1S/C21H29N3O2S/c1-15-8-9-16-13-17(20(26)23-19(16)12-15)14-24(10-5-11-25)21(27)22-18-6-3-2-4-7-18/h8-9,12-13,18,25H,2-7,10-11,14H2,1H3,(H,22,27)(H,23,26). The highest BCUT2D eigenvalue weighted by Gasteiger charge is 2.18. The van der Waals surface area contributed by atoms with E-state index >= 15 is 0 Å². The van der Waals surface area contributed by atoms with E-state index in [9.17, 15) is 9.90 Å². The van der Waals surface area contributed by atoms with E-state index in [-0.39, 0.29) is 12.2 Å². The number of fused-ring (bicyclic) bond motifs is 1. The van der Waals surface area contributed by atoms with Gasteiger partial charge in [0, 0.05) is 30.3 Å². The Morgan fingerprint density at radius 2 is 2.07 bits per heavy atom. The maximum absolute atomic E-state index is 12.6. The van der Waals surface area contributed by atoms with Crippen LogP contribution >= 0.6 is 12.2 Å². The number of pyridine rings is 1. The number of hydrogen-bond acceptors (Lipinski definition) is 3. The Labute approximate surface area is 165 Å². The van der Waals surface area contributed by atoms with Crippen molar-refractivity contribution >= 4 is 28.2 Å². The number of nitrogens with zero attached hydrogens (tertiary/aromatic N) is 1. The van der Waals surface area contributed by atoms with Crippen molar-refractivity contribution < 1.29 is 5.11 Å². The average Bonchev–Trinajstić information content (AvgIpc) is 2.66. The number of rotatable bonds is 6. The van der Waals surface area contributed by atoms with Gasteiger partial charge in [0.2, 0.25) is 0 Å². The van der Waals surface area contributed by atoms with E-state index in [2.05, 4.69) is 10.3 Å². The smallest absolute Gasteiger partial charge is 0.253 e. The van der Waals surface area contributed by atoms with Gasteiger partial charge in [-0.3, -0.25) is 4.79 Å². The number of benzene rings is 1. The van der Waals surface area contributed by atoms with Crippen LogP contribution in [0.5, 0.6) is 0 Å². The van der Waals surface area contributed by atoms with Crippen LogP contribution in [0.4, 0.5) is 0 Å². The van der Waals surface area contributed by atoms with Crippen molar-refractivity contribution in [1.82, 2.24) is 15.2 Å². The zero-order chi connectivity index (χ0) is 19.2. The van der Waals surface area contributed by atoms with Gasteiger partial charge in [0.1, 0.15) is 0 Å². The van der Waals surface area contributed by atoms with Crippen LogP contribution < -0.4 is 10.9 Å². The summed E-state index contributed by atoms with van der Waals surface area (Å²) in [4.78, 5) is 17.6. The lowest BCUT2D eigenvalue weighted by molar-refractivity contribution is 0.262. The van der Waals surface area contributed by atoms with Crippen molar-refractivity contribution in [2.45, 2.75) is 58.0 Å². The zero-order valence-corrected chi connectivity index (χ0v) is 16.8. The number of aryl methyl sites for hydroxylation is 1. The number of aromatic nitrogens is 1. The lowest BCUT2D eigenvalue weighted by Gasteiger charge is -2.30. The second-order valence-corrected chi connectivity index (χ2v) is 7.88. The molecule has 0 radical (unpaired) electrons. The molecule has 5 nitrogen and oxygen atoms in total. The molecular formula is C21H29N3O2S. The maximum atomic E-state index is 12.6.